The van der Waals surface area contributed by atoms with Crippen molar-refractivity contribution in [1.29, 1.82) is 0 Å². The highest BCUT2D eigenvalue weighted by molar-refractivity contribution is 5.80. The second kappa shape index (κ2) is 9.38. The van der Waals surface area contributed by atoms with Crippen molar-refractivity contribution in [2.75, 3.05) is 32.6 Å². The van der Waals surface area contributed by atoms with Crippen molar-refractivity contribution in [3.63, 3.8) is 0 Å². The molecule has 0 spiro atoms. The summed E-state index contributed by atoms with van der Waals surface area (Å²) >= 11 is 0. The molecule has 0 bridgehead atoms. The summed E-state index contributed by atoms with van der Waals surface area (Å²) in [5, 5.41) is 4.03. The number of nitrogens with zero attached hydrogens (tertiary/aromatic N) is 5. The highest BCUT2D eigenvalue weighted by atomic mass is 16.5. The van der Waals surface area contributed by atoms with Crippen LogP contribution in [0, 0.1) is 6.92 Å². The van der Waals surface area contributed by atoms with Gasteiger partial charge in [0.15, 0.2) is 5.76 Å². The molecule has 32 heavy (non-hydrogen) atoms. The van der Waals surface area contributed by atoms with E-state index in [1.165, 1.54) is 0 Å². The number of methoxy groups -OCH3 is 1. The zero-order valence-corrected chi connectivity index (χ0v) is 19.0. The molecule has 1 aliphatic heterocycles. The Morgan fingerprint density at radius 1 is 1.28 bits per heavy atom. The molecule has 1 fully saturated rings. The van der Waals surface area contributed by atoms with E-state index in [0.717, 1.165) is 47.5 Å². The van der Waals surface area contributed by atoms with Crippen LogP contribution < -0.4 is 9.64 Å². The lowest BCUT2D eigenvalue weighted by Gasteiger charge is -2.36. The monoisotopic (exact) mass is 435 g/mol. The molecule has 168 valence electrons. The first kappa shape index (κ1) is 21.8. The summed E-state index contributed by atoms with van der Waals surface area (Å²) in [5.74, 6) is 2.00. The molecular weight excluding hydrogens is 406 g/mol. The summed E-state index contributed by atoms with van der Waals surface area (Å²) in [5.41, 5.74) is 3.24. The number of carbonyl (C=O) groups is 1. The fourth-order valence-corrected chi connectivity index (χ4v) is 4.16. The van der Waals surface area contributed by atoms with Crippen molar-refractivity contribution in [2.24, 2.45) is 0 Å². The molecule has 1 aliphatic rings. The molecule has 3 heterocycles. The smallest absolute Gasteiger partial charge is 0.227 e. The summed E-state index contributed by atoms with van der Waals surface area (Å²) in [6.45, 7) is 2.57. The van der Waals surface area contributed by atoms with Crippen LogP contribution in [0.5, 0.6) is 5.75 Å². The van der Waals surface area contributed by atoms with Crippen LogP contribution in [0.4, 0.5) is 5.95 Å². The Balaban J connectivity index is 1.71. The standard InChI is InChI=1S/C24H29N5O3/c1-16-13-21(32-27-16)18-15-25-24(28(2)3)26-23(18)19-10-7-8-12-29(19)22(30)14-17-9-5-6-11-20(17)31-4/h5-6,9,11,13,15,19H,7-8,10,12,14H2,1-4H3/t19-/m1/s1. The first-order chi connectivity index (χ1) is 15.5. The van der Waals surface area contributed by atoms with Crippen LogP contribution in [0.15, 0.2) is 41.1 Å². The highest BCUT2D eigenvalue weighted by Gasteiger charge is 2.32. The first-order valence-electron chi connectivity index (χ1n) is 10.9. The summed E-state index contributed by atoms with van der Waals surface area (Å²) in [6, 6.07) is 9.37. The van der Waals surface area contributed by atoms with Gasteiger partial charge in [-0.05, 0) is 32.3 Å². The van der Waals surface area contributed by atoms with E-state index in [-0.39, 0.29) is 18.4 Å². The fourth-order valence-electron chi connectivity index (χ4n) is 4.16. The van der Waals surface area contributed by atoms with Crippen molar-refractivity contribution in [1.82, 2.24) is 20.0 Å². The Hall–Kier alpha value is -3.42. The van der Waals surface area contributed by atoms with Crippen molar-refractivity contribution < 1.29 is 14.1 Å². The maximum Gasteiger partial charge on any atom is 0.227 e. The van der Waals surface area contributed by atoms with Crippen molar-refractivity contribution in [3.05, 3.63) is 53.5 Å². The minimum Gasteiger partial charge on any atom is -0.496 e. The number of hydrogen-bond acceptors (Lipinski definition) is 7. The van der Waals surface area contributed by atoms with Gasteiger partial charge in [-0.1, -0.05) is 23.4 Å². The SMILES string of the molecule is COc1ccccc1CC(=O)N1CCCC[C@@H]1c1nc(N(C)C)ncc1-c1cc(C)no1. The summed E-state index contributed by atoms with van der Waals surface area (Å²) in [6.07, 6.45) is 4.88. The number of benzene rings is 1. The minimum atomic E-state index is -0.159. The van der Waals surface area contributed by atoms with E-state index in [0.29, 0.717) is 18.3 Å². The predicted octanol–water partition coefficient (Wildman–Crippen LogP) is 3.81. The number of aromatic nitrogens is 3. The van der Waals surface area contributed by atoms with Gasteiger partial charge >= 0.3 is 0 Å². The predicted molar refractivity (Wildman–Crippen MR) is 122 cm³/mol. The van der Waals surface area contributed by atoms with Crippen molar-refractivity contribution >= 4 is 11.9 Å². The lowest BCUT2D eigenvalue weighted by atomic mass is 9.94. The second-order valence-corrected chi connectivity index (χ2v) is 8.28. The summed E-state index contributed by atoms with van der Waals surface area (Å²) < 4.78 is 11.0. The lowest BCUT2D eigenvalue weighted by Crippen LogP contribution is -2.40. The maximum atomic E-state index is 13.5. The minimum absolute atomic E-state index is 0.0592. The van der Waals surface area contributed by atoms with E-state index in [4.69, 9.17) is 14.2 Å². The van der Waals surface area contributed by atoms with Gasteiger partial charge < -0.3 is 19.1 Å². The lowest BCUT2D eigenvalue weighted by molar-refractivity contribution is -0.134. The van der Waals surface area contributed by atoms with Gasteiger partial charge in [0.25, 0.3) is 0 Å². The molecule has 1 atom stereocenters. The third-order valence-corrected chi connectivity index (χ3v) is 5.77. The van der Waals surface area contributed by atoms with E-state index in [9.17, 15) is 4.79 Å². The molecule has 8 heteroatoms. The normalized spacial score (nSPS) is 16.1. The Bertz CT molecular complexity index is 1090. The Morgan fingerprint density at radius 3 is 2.81 bits per heavy atom. The van der Waals surface area contributed by atoms with Crippen LogP contribution in [-0.4, -0.2) is 53.7 Å². The third kappa shape index (κ3) is 4.44. The van der Waals surface area contributed by atoms with Crippen LogP contribution >= 0.6 is 0 Å². The molecule has 0 aliphatic carbocycles. The second-order valence-electron chi connectivity index (χ2n) is 8.28. The Morgan fingerprint density at radius 2 is 2.09 bits per heavy atom. The Labute approximate surface area is 188 Å². The number of piperidine rings is 1. The van der Waals surface area contributed by atoms with E-state index in [2.05, 4.69) is 10.1 Å². The number of amides is 1. The van der Waals surface area contributed by atoms with Gasteiger partial charge in [0.2, 0.25) is 11.9 Å². The zero-order valence-electron chi connectivity index (χ0n) is 19.0. The van der Waals surface area contributed by atoms with Crippen molar-refractivity contribution in [3.8, 4) is 17.1 Å². The average Bonchev–Trinajstić information content (AvgIpc) is 3.25. The zero-order chi connectivity index (χ0) is 22.7. The van der Waals surface area contributed by atoms with Gasteiger partial charge in [0.1, 0.15) is 5.75 Å². The summed E-state index contributed by atoms with van der Waals surface area (Å²) in [7, 11) is 5.44. The van der Waals surface area contributed by atoms with Gasteiger partial charge in [-0.15, -0.1) is 0 Å². The number of aryl methyl sites for hydroxylation is 1. The van der Waals surface area contributed by atoms with E-state index < -0.39 is 0 Å². The molecule has 1 saturated heterocycles. The highest BCUT2D eigenvalue weighted by Crippen LogP contribution is 2.37. The topological polar surface area (TPSA) is 84.6 Å². The van der Waals surface area contributed by atoms with Gasteiger partial charge in [-0.3, -0.25) is 4.79 Å². The number of carbonyl (C=O) groups excluding carboxylic acids is 1. The van der Waals surface area contributed by atoms with Gasteiger partial charge in [-0.2, -0.15) is 0 Å². The van der Waals surface area contributed by atoms with Crippen LogP contribution in [0.25, 0.3) is 11.3 Å². The van der Waals surface area contributed by atoms with Crippen LogP contribution in [-0.2, 0) is 11.2 Å². The molecule has 0 unspecified atom stereocenters. The molecular formula is C24H29N5O3. The molecule has 4 rings (SSSR count). The van der Waals surface area contributed by atoms with Crippen molar-refractivity contribution in [2.45, 2.75) is 38.6 Å². The molecule has 2 aromatic heterocycles. The molecule has 0 radical (unpaired) electrons. The van der Waals surface area contributed by atoms with Crippen LogP contribution in [0.3, 0.4) is 0 Å². The summed E-state index contributed by atoms with van der Waals surface area (Å²) in [4.78, 5) is 26.6. The molecule has 8 nitrogen and oxygen atoms in total. The number of rotatable bonds is 6. The van der Waals surface area contributed by atoms with Gasteiger partial charge in [0, 0.05) is 38.5 Å². The number of anilines is 1. The molecule has 3 aromatic rings. The van der Waals surface area contributed by atoms with E-state index in [1.807, 2.05) is 61.2 Å². The van der Waals surface area contributed by atoms with Gasteiger partial charge in [-0.25, -0.2) is 9.97 Å². The fraction of sp³-hybridized carbons (Fsp3) is 0.417. The quantitative estimate of drug-likeness (QED) is 0.582. The van der Waals surface area contributed by atoms with E-state index in [1.54, 1.807) is 13.3 Å². The van der Waals surface area contributed by atoms with Crippen LogP contribution in [0.2, 0.25) is 0 Å². The molecule has 1 aromatic carbocycles. The average molecular weight is 436 g/mol. The Kier molecular flexibility index (Phi) is 6.39. The van der Waals surface area contributed by atoms with E-state index >= 15 is 0 Å². The molecule has 0 N–H and O–H groups in total. The molecule has 0 saturated carbocycles. The number of ether oxygens (including phenoxy) is 1. The number of hydrogen-bond donors (Lipinski definition) is 0. The largest absolute Gasteiger partial charge is 0.496 e. The first-order valence-corrected chi connectivity index (χ1v) is 10.9. The van der Waals surface area contributed by atoms with Crippen LogP contribution in [0.1, 0.15) is 42.3 Å². The molecule has 1 amide bonds. The maximum absolute atomic E-state index is 13.5. The number of likely N-dealkylation sites (tertiary alicyclic amines) is 1. The number of para-hydroxylation sites is 1. The third-order valence-electron chi connectivity index (χ3n) is 5.77. The van der Waals surface area contributed by atoms with Gasteiger partial charge in [0.05, 0.1) is 36.5 Å².